The fourth-order valence-electron chi connectivity index (χ4n) is 2.60. The van der Waals surface area contributed by atoms with Crippen LogP contribution in [0.4, 0.5) is 11.6 Å². The van der Waals surface area contributed by atoms with Crippen molar-refractivity contribution in [1.29, 1.82) is 0 Å². The van der Waals surface area contributed by atoms with E-state index >= 15 is 0 Å². The molecule has 0 unspecified atom stereocenters. The highest BCUT2D eigenvalue weighted by Gasteiger charge is 2.32. The Bertz CT molecular complexity index is 386. The highest BCUT2D eigenvalue weighted by atomic mass is 16.3. The van der Waals surface area contributed by atoms with Gasteiger partial charge in [0, 0.05) is 6.54 Å². The van der Waals surface area contributed by atoms with E-state index in [-0.39, 0.29) is 0 Å². The van der Waals surface area contributed by atoms with E-state index in [1.807, 2.05) is 12.1 Å². The smallest absolute Gasteiger partial charge is 0.128 e. The van der Waals surface area contributed by atoms with Crippen molar-refractivity contribution in [2.75, 3.05) is 17.6 Å². The molecule has 1 saturated carbocycles. The molecule has 1 fully saturated rings. The summed E-state index contributed by atoms with van der Waals surface area (Å²) in [5, 5.41) is 13.7. The Morgan fingerprint density at radius 3 is 2.78 bits per heavy atom. The minimum atomic E-state index is -0.585. The molecule has 0 aromatic carbocycles. The zero-order chi connectivity index (χ0) is 13.0. The molecular formula is C14H23N3O. The molecule has 0 amide bonds. The quantitative estimate of drug-likeness (QED) is 0.766. The molecule has 0 radical (unpaired) electrons. The van der Waals surface area contributed by atoms with Gasteiger partial charge in [0.15, 0.2) is 0 Å². The summed E-state index contributed by atoms with van der Waals surface area (Å²) in [4.78, 5) is 4.18. The number of nitrogens with zero attached hydrogens (tertiary/aromatic N) is 1. The molecule has 4 heteroatoms. The van der Waals surface area contributed by atoms with Gasteiger partial charge < -0.3 is 16.2 Å². The minimum absolute atomic E-state index is 0.502. The summed E-state index contributed by atoms with van der Waals surface area (Å²) in [5.74, 6) is 2.03. The lowest BCUT2D eigenvalue weighted by molar-refractivity contribution is 0.00223. The molecule has 4 N–H and O–H groups in total. The van der Waals surface area contributed by atoms with Gasteiger partial charge in [0.2, 0.25) is 0 Å². The van der Waals surface area contributed by atoms with E-state index in [0.717, 1.165) is 37.4 Å². The Labute approximate surface area is 109 Å². The molecular weight excluding hydrogens is 226 g/mol. The van der Waals surface area contributed by atoms with Crippen LogP contribution >= 0.6 is 0 Å². The SMILES string of the molecule is CCC1CCC(O)(CNc2cccc(N)n2)CC1. The molecule has 1 aliphatic rings. The molecule has 1 aromatic heterocycles. The highest BCUT2D eigenvalue weighted by Crippen LogP contribution is 2.33. The second-order valence-corrected chi connectivity index (χ2v) is 5.38. The van der Waals surface area contributed by atoms with Gasteiger partial charge in [0.05, 0.1) is 5.60 Å². The van der Waals surface area contributed by atoms with Crippen LogP contribution in [-0.4, -0.2) is 22.2 Å². The first-order valence-electron chi connectivity index (χ1n) is 6.80. The lowest BCUT2D eigenvalue weighted by Crippen LogP contribution is -2.40. The Morgan fingerprint density at radius 1 is 1.44 bits per heavy atom. The van der Waals surface area contributed by atoms with E-state index in [1.54, 1.807) is 6.07 Å². The molecule has 1 heterocycles. The number of nitrogens with one attached hydrogen (secondary N) is 1. The molecule has 0 spiro atoms. The summed E-state index contributed by atoms with van der Waals surface area (Å²) < 4.78 is 0. The number of nitrogen functional groups attached to an aromatic ring is 1. The third kappa shape index (κ3) is 3.35. The Balaban J connectivity index is 1.86. The number of anilines is 2. The van der Waals surface area contributed by atoms with Gasteiger partial charge in [-0.15, -0.1) is 0 Å². The number of rotatable bonds is 4. The van der Waals surface area contributed by atoms with Crippen LogP contribution in [0, 0.1) is 5.92 Å². The third-order valence-electron chi connectivity index (χ3n) is 3.98. The zero-order valence-electron chi connectivity index (χ0n) is 11.0. The maximum Gasteiger partial charge on any atom is 0.128 e. The summed E-state index contributed by atoms with van der Waals surface area (Å²) in [7, 11) is 0. The van der Waals surface area contributed by atoms with Crippen LogP contribution in [0.2, 0.25) is 0 Å². The second kappa shape index (κ2) is 5.57. The average Bonchev–Trinajstić information content (AvgIpc) is 2.38. The molecule has 18 heavy (non-hydrogen) atoms. The molecule has 4 nitrogen and oxygen atoms in total. The van der Waals surface area contributed by atoms with Crippen LogP contribution < -0.4 is 11.1 Å². The van der Waals surface area contributed by atoms with Crippen molar-refractivity contribution in [2.45, 2.75) is 44.6 Å². The molecule has 2 rings (SSSR count). The van der Waals surface area contributed by atoms with Crippen molar-refractivity contribution < 1.29 is 5.11 Å². The predicted octanol–water partition coefficient (Wildman–Crippen LogP) is 2.41. The van der Waals surface area contributed by atoms with Crippen LogP contribution in [0.25, 0.3) is 0 Å². The maximum absolute atomic E-state index is 10.5. The van der Waals surface area contributed by atoms with Gasteiger partial charge in [0.25, 0.3) is 0 Å². The second-order valence-electron chi connectivity index (χ2n) is 5.38. The fourth-order valence-corrected chi connectivity index (χ4v) is 2.60. The van der Waals surface area contributed by atoms with Gasteiger partial charge in [-0.25, -0.2) is 4.98 Å². The summed E-state index contributed by atoms with van der Waals surface area (Å²) in [6.45, 7) is 2.78. The summed E-state index contributed by atoms with van der Waals surface area (Å²) >= 11 is 0. The topological polar surface area (TPSA) is 71.2 Å². The molecule has 100 valence electrons. The molecule has 1 aliphatic carbocycles. The Hall–Kier alpha value is -1.29. The minimum Gasteiger partial charge on any atom is -0.388 e. The van der Waals surface area contributed by atoms with E-state index in [9.17, 15) is 5.11 Å². The fraction of sp³-hybridized carbons (Fsp3) is 0.643. The number of aliphatic hydroxyl groups is 1. The third-order valence-corrected chi connectivity index (χ3v) is 3.98. The number of aromatic nitrogens is 1. The van der Waals surface area contributed by atoms with Gasteiger partial charge in [-0.05, 0) is 43.7 Å². The van der Waals surface area contributed by atoms with Gasteiger partial charge in [-0.2, -0.15) is 0 Å². The first-order chi connectivity index (χ1) is 8.61. The number of hydrogen-bond acceptors (Lipinski definition) is 4. The Morgan fingerprint density at radius 2 is 2.17 bits per heavy atom. The van der Waals surface area contributed by atoms with Crippen molar-refractivity contribution in [3.05, 3.63) is 18.2 Å². The van der Waals surface area contributed by atoms with Gasteiger partial charge in [-0.3, -0.25) is 0 Å². The van der Waals surface area contributed by atoms with Crippen LogP contribution in [-0.2, 0) is 0 Å². The average molecular weight is 249 g/mol. The van der Waals surface area contributed by atoms with Gasteiger partial charge in [0.1, 0.15) is 11.6 Å². The zero-order valence-corrected chi connectivity index (χ0v) is 11.0. The number of hydrogen-bond donors (Lipinski definition) is 3. The van der Waals surface area contributed by atoms with Gasteiger partial charge in [-0.1, -0.05) is 19.4 Å². The highest BCUT2D eigenvalue weighted by molar-refractivity contribution is 5.42. The first kappa shape index (κ1) is 13.1. The molecule has 0 aliphatic heterocycles. The monoisotopic (exact) mass is 249 g/mol. The van der Waals surface area contributed by atoms with E-state index in [1.165, 1.54) is 6.42 Å². The van der Waals surface area contributed by atoms with E-state index in [2.05, 4.69) is 17.2 Å². The summed E-state index contributed by atoms with van der Waals surface area (Å²) in [6, 6.07) is 5.49. The summed E-state index contributed by atoms with van der Waals surface area (Å²) in [5.41, 5.74) is 5.04. The van der Waals surface area contributed by atoms with E-state index in [0.29, 0.717) is 12.4 Å². The molecule has 0 bridgehead atoms. The predicted molar refractivity (Wildman–Crippen MR) is 74.3 cm³/mol. The Kier molecular flexibility index (Phi) is 4.07. The molecule has 0 atom stereocenters. The molecule has 1 aromatic rings. The van der Waals surface area contributed by atoms with Crippen molar-refractivity contribution in [2.24, 2.45) is 5.92 Å². The van der Waals surface area contributed by atoms with Crippen molar-refractivity contribution in [1.82, 2.24) is 4.98 Å². The lowest BCUT2D eigenvalue weighted by Gasteiger charge is -2.36. The first-order valence-corrected chi connectivity index (χ1v) is 6.80. The summed E-state index contributed by atoms with van der Waals surface area (Å²) in [6.07, 6.45) is 5.22. The van der Waals surface area contributed by atoms with Gasteiger partial charge >= 0.3 is 0 Å². The van der Waals surface area contributed by atoms with E-state index < -0.39 is 5.60 Å². The van der Waals surface area contributed by atoms with Crippen LogP contribution in [0.1, 0.15) is 39.0 Å². The standard InChI is InChI=1S/C14H23N3O/c1-2-11-6-8-14(18,9-7-11)10-16-13-5-3-4-12(15)17-13/h3-5,11,18H,2,6-10H2,1H3,(H3,15,16,17). The lowest BCUT2D eigenvalue weighted by atomic mass is 9.78. The van der Waals surface area contributed by atoms with Crippen LogP contribution in [0.5, 0.6) is 0 Å². The van der Waals surface area contributed by atoms with Crippen molar-refractivity contribution in [3.8, 4) is 0 Å². The largest absolute Gasteiger partial charge is 0.388 e. The number of nitrogens with two attached hydrogens (primary N) is 1. The van der Waals surface area contributed by atoms with Crippen LogP contribution in [0.15, 0.2) is 18.2 Å². The van der Waals surface area contributed by atoms with E-state index in [4.69, 9.17) is 5.73 Å². The maximum atomic E-state index is 10.5. The van der Waals surface area contributed by atoms with Crippen molar-refractivity contribution in [3.63, 3.8) is 0 Å². The van der Waals surface area contributed by atoms with Crippen LogP contribution in [0.3, 0.4) is 0 Å². The normalized spacial score (nSPS) is 28.0. The number of pyridine rings is 1. The molecule has 0 saturated heterocycles. The van der Waals surface area contributed by atoms with Crippen molar-refractivity contribution >= 4 is 11.6 Å².